The molecule has 0 unspecified atom stereocenters. The number of para-hydroxylation sites is 1. The van der Waals surface area contributed by atoms with E-state index < -0.39 is 10.0 Å². The van der Waals surface area contributed by atoms with E-state index in [1.165, 1.54) is 10.6 Å². The molecule has 144 valence electrons. The normalized spacial score (nSPS) is 11.2. The Hall–Kier alpha value is -3.44. The molecule has 0 aliphatic heterocycles. The van der Waals surface area contributed by atoms with Crippen molar-refractivity contribution >= 4 is 21.4 Å². The summed E-state index contributed by atoms with van der Waals surface area (Å²) in [5.74, 6) is 0. The maximum atomic E-state index is 12.4. The number of benzene rings is 3. The minimum absolute atomic E-state index is 0.590. The zero-order valence-corrected chi connectivity index (χ0v) is 16.8. The number of aromatic nitrogens is 1. The van der Waals surface area contributed by atoms with E-state index >= 15 is 0 Å². The van der Waals surface area contributed by atoms with Crippen LogP contribution in [0.4, 0.5) is 11.4 Å². The van der Waals surface area contributed by atoms with Gasteiger partial charge in [0.25, 0.3) is 0 Å². The topological polar surface area (TPSA) is 50.3 Å². The molecule has 0 saturated heterocycles. The molecular formula is C24H20N2O2S. The summed E-state index contributed by atoms with van der Waals surface area (Å²) in [6.07, 6.45) is 4.83. The Labute approximate surface area is 171 Å². The van der Waals surface area contributed by atoms with E-state index in [4.69, 9.17) is 0 Å². The molecule has 0 amide bonds. The minimum atomic E-state index is -3.48. The number of nitrogens with zero attached hydrogens (tertiary/aromatic N) is 2. The molecule has 0 fully saturated rings. The van der Waals surface area contributed by atoms with Crippen LogP contribution in [-0.2, 0) is 10.0 Å². The number of sulfonamides is 1. The molecule has 0 N–H and O–H groups in total. The van der Waals surface area contributed by atoms with Crippen molar-refractivity contribution in [2.45, 2.75) is 0 Å². The summed E-state index contributed by atoms with van der Waals surface area (Å²) in [5, 5.41) is 0. The van der Waals surface area contributed by atoms with E-state index in [-0.39, 0.29) is 0 Å². The Morgan fingerprint density at radius 3 is 1.83 bits per heavy atom. The smallest absolute Gasteiger partial charge is 0.236 e. The second-order valence-electron chi connectivity index (χ2n) is 6.70. The standard InChI is InChI=1S/C24H20N2O2S/c1-29(27,28)26(21-10-6-3-7-11-21)22-14-12-20(13-15-22)24-18-25-17-16-23(24)19-8-4-2-5-9-19/h2-18H,1H3. The summed E-state index contributed by atoms with van der Waals surface area (Å²) < 4.78 is 26.2. The Kier molecular flexibility index (Phi) is 5.14. The zero-order chi connectivity index (χ0) is 20.3. The number of hydrogen-bond acceptors (Lipinski definition) is 3. The van der Waals surface area contributed by atoms with Crippen LogP contribution in [0.2, 0.25) is 0 Å². The summed E-state index contributed by atoms with van der Waals surface area (Å²) in [4.78, 5) is 4.29. The van der Waals surface area contributed by atoms with Gasteiger partial charge in [0.1, 0.15) is 0 Å². The summed E-state index contributed by atoms with van der Waals surface area (Å²) in [6, 6.07) is 28.7. The van der Waals surface area contributed by atoms with Gasteiger partial charge in [-0.05, 0) is 47.0 Å². The highest BCUT2D eigenvalue weighted by Gasteiger charge is 2.19. The van der Waals surface area contributed by atoms with Gasteiger partial charge in [-0.2, -0.15) is 0 Å². The molecule has 0 atom stereocenters. The highest BCUT2D eigenvalue weighted by molar-refractivity contribution is 7.92. The molecule has 3 aromatic carbocycles. The van der Waals surface area contributed by atoms with Crippen molar-refractivity contribution < 1.29 is 8.42 Å². The lowest BCUT2D eigenvalue weighted by molar-refractivity contribution is 0.602. The Bertz CT molecular complexity index is 1210. The van der Waals surface area contributed by atoms with Gasteiger partial charge in [0.05, 0.1) is 17.6 Å². The maximum absolute atomic E-state index is 12.4. The van der Waals surface area contributed by atoms with Crippen LogP contribution >= 0.6 is 0 Å². The number of pyridine rings is 1. The number of anilines is 2. The van der Waals surface area contributed by atoms with Crippen molar-refractivity contribution in [1.82, 2.24) is 4.98 Å². The van der Waals surface area contributed by atoms with Gasteiger partial charge in [0, 0.05) is 18.0 Å². The van der Waals surface area contributed by atoms with Crippen LogP contribution in [0.5, 0.6) is 0 Å². The molecule has 0 spiro atoms. The van der Waals surface area contributed by atoms with E-state index in [0.717, 1.165) is 22.3 Å². The molecule has 29 heavy (non-hydrogen) atoms. The summed E-state index contributed by atoms with van der Waals surface area (Å²) in [5.41, 5.74) is 5.35. The minimum Gasteiger partial charge on any atom is -0.264 e. The van der Waals surface area contributed by atoms with E-state index in [9.17, 15) is 8.42 Å². The fraction of sp³-hybridized carbons (Fsp3) is 0.0417. The first-order chi connectivity index (χ1) is 14.0. The molecular weight excluding hydrogens is 380 g/mol. The van der Waals surface area contributed by atoms with Crippen LogP contribution in [0.1, 0.15) is 0 Å². The molecule has 4 nitrogen and oxygen atoms in total. The first-order valence-corrected chi connectivity index (χ1v) is 11.0. The molecule has 0 bridgehead atoms. The third-order valence-electron chi connectivity index (χ3n) is 4.64. The van der Waals surface area contributed by atoms with E-state index in [1.807, 2.05) is 72.9 Å². The zero-order valence-electron chi connectivity index (χ0n) is 15.9. The van der Waals surface area contributed by atoms with Gasteiger partial charge in [0.15, 0.2) is 0 Å². The van der Waals surface area contributed by atoms with Gasteiger partial charge in [0.2, 0.25) is 10.0 Å². The summed E-state index contributed by atoms with van der Waals surface area (Å²) in [7, 11) is -3.48. The Morgan fingerprint density at radius 2 is 1.21 bits per heavy atom. The molecule has 4 rings (SSSR count). The lowest BCUT2D eigenvalue weighted by Gasteiger charge is -2.22. The van der Waals surface area contributed by atoms with Gasteiger partial charge in [-0.25, -0.2) is 12.7 Å². The van der Waals surface area contributed by atoms with Gasteiger partial charge < -0.3 is 0 Å². The predicted molar refractivity (Wildman–Crippen MR) is 119 cm³/mol. The highest BCUT2D eigenvalue weighted by Crippen LogP contribution is 2.34. The van der Waals surface area contributed by atoms with Crippen LogP contribution in [0.3, 0.4) is 0 Å². The van der Waals surface area contributed by atoms with Crippen LogP contribution in [0, 0.1) is 0 Å². The Morgan fingerprint density at radius 1 is 0.655 bits per heavy atom. The molecule has 0 aliphatic rings. The molecule has 0 aliphatic carbocycles. The first kappa shape index (κ1) is 18.9. The molecule has 0 radical (unpaired) electrons. The van der Waals surface area contributed by atoms with Crippen LogP contribution < -0.4 is 4.31 Å². The lowest BCUT2D eigenvalue weighted by Crippen LogP contribution is -2.24. The van der Waals surface area contributed by atoms with Crippen molar-refractivity contribution in [3.8, 4) is 22.3 Å². The van der Waals surface area contributed by atoms with Gasteiger partial charge in [-0.3, -0.25) is 4.98 Å². The van der Waals surface area contributed by atoms with Gasteiger partial charge in [-0.1, -0.05) is 60.7 Å². The average molecular weight is 401 g/mol. The fourth-order valence-electron chi connectivity index (χ4n) is 3.37. The van der Waals surface area contributed by atoms with Crippen molar-refractivity contribution in [2.24, 2.45) is 0 Å². The molecule has 4 aromatic rings. The predicted octanol–water partition coefficient (Wildman–Crippen LogP) is 5.51. The quantitative estimate of drug-likeness (QED) is 0.444. The van der Waals surface area contributed by atoms with Crippen LogP contribution in [0.25, 0.3) is 22.3 Å². The molecule has 1 aromatic heterocycles. The lowest BCUT2D eigenvalue weighted by atomic mass is 9.96. The fourth-order valence-corrected chi connectivity index (χ4v) is 4.38. The van der Waals surface area contributed by atoms with E-state index in [0.29, 0.717) is 11.4 Å². The molecule has 0 saturated carbocycles. The Balaban J connectivity index is 1.76. The maximum Gasteiger partial charge on any atom is 0.236 e. The number of hydrogen-bond donors (Lipinski definition) is 0. The summed E-state index contributed by atoms with van der Waals surface area (Å²) in [6.45, 7) is 0. The number of rotatable bonds is 5. The SMILES string of the molecule is CS(=O)(=O)N(c1ccccc1)c1ccc(-c2cnccc2-c2ccccc2)cc1. The summed E-state index contributed by atoms with van der Waals surface area (Å²) >= 11 is 0. The monoisotopic (exact) mass is 400 g/mol. The van der Waals surface area contributed by atoms with E-state index in [2.05, 4.69) is 17.1 Å². The largest absolute Gasteiger partial charge is 0.264 e. The third-order valence-corrected chi connectivity index (χ3v) is 5.73. The van der Waals surface area contributed by atoms with Crippen LogP contribution in [-0.4, -0.2) is 19.7 Å². The highest BCUT2D eigenvalue weighted by atomic mass is 32.2. The molecule has 1 heterocycles. The van der Waals surface area contributed by atoms with Crippen molar-refractivity contribution in [3.05, 3.63) is 103 Å². The second-order valence-corrected chi connectivity index (χ2v) is 8.53. The second kappa shape index (κ2) is 7.89. The third kappa shape index (κ3) is 4.05. The molecule has 5 heteroatoms. The first-order valence-electron chi connectivity index (χ1n) is 9.19. The average Bonchev–Trinajstić information content (AvgIpc) is 2.75. The van der Waals surface area contributed by atoms with Crippen molar-refractivity contribution in [3.63, 3.8) is 0 Å². The van der Waals surface area contributed by atoms with E-state index in [1.54, 1.807) is 18.3 Å². The van der Waals surface area contributed by atoms with Gasteiger partial charge >= 0.3 is 0 Å². The van der Waals surface area contributed by atoms with Crippen molar-refractivity contribution in [2.75, 3.05) is 10.6 Å². The van der Waals surface area contributed by atoms with Crippen molar-refractivity contribution in [1.29, 1.82) is 0 Å². The van der Waals surface area contributed by atoms with Crippen LogP contribution in [0.15, 0.2) is 103 Å². The van der Waals surface area contributed by atoms with Gasteiger partial charge in [-0.15, -0.1) is 0 Å².